The first-order chi connectivity index (χ1) is 15.4. The number of para-hydroxylation sites is 1. The summed E-state index contributed by atoms with van der Waals surface area (Å²) in [6, 6.07) is 16.6. The Hall–Kier alpha value is -3.30. The molecule has 0 radical (unpaired) electrons. The van der Waals surface area contributed by atoms with Crippen molar-refractivity contribution in [2.75, 3.05) is 13.1 Å². The zero-order valence-corrected chi connectivity index (χ0v) is 18.3. The van der Waals surface area contributed by atoms with E-state index in [0.29, 0.717) is 18.6 Å². The second-order valence-electron chi connectivity index (χ2n) is 7.64. The third kappa shape index (κ3) is 4.79. The molecule has 2 N–H and O–H groups in total. The molecule has 8 nitrogen and oxygen atoms in total. The highest BCUT2D eigenvalue weighted by Crippen LogP contribution is 2.21. The van der Waals surface area contributed by atoms with E-state index in [2.05, 4.69) is 15.8 Å². The summed E-state index contributed by atoms with van der Waals surface area (Å²) in [6.07, 6.45) is 3.68. The summed E-state index contributed by atoms with van der Waals surface area (Å²) in [4.78, 5) is 29.3. The second kappa shape index (κ2) is 9.46. The fourth-order valence-corrected chi connectivity index (χ4v) is 5.23. The average Bonchev–Trinajstić information content (AvgIpc) is 3.12. The number of rotatable bonds is 4. The van der Waals surface area contributed by atoms with E-state index in [9.17, 15) is 18.0 Å². The van der Waals surface area contributed by atoms with Gasteiger partial charge >= 0.3 is 0 Å². The van der Waals surface area contributed by atoms with Crippen LogP contribution >= 0.6 is 0 Å². The summed E-state index contributed by atoms with van der Waals surface area (Å²) < 4.78 is 27.5. The number of fused-ring (bicyclic) bond motifs is 1. The molecule has 0 saturated carbocycles. The highest BCUT2D eigenvalue weighted by atomic mass is 32.2. The molecule has 0 unspecified atom stereocenters. The molecule has 1 aromatic heterocycles. The molecule has 0 aliphatic carbocycles. The molecule has 9 heteroatoms. The van der Waals surface area contributed by atoms with Crippen LogP contribution in [0.15, 0.2) is 65.6 Å². The van der Waals surface area contributed by atoms with Gasteiger partial charge in [0.2, 0.25) is 10.0 Å². The molecular weight excluding hydrogens is 428 g/mol. The lowest BCUT2D eigenvalue weighted by molar-refractivity contribution is 0.0844. The lowest BCUT2D eigenvalue weighted by Gasteiger charge is -2.20. The van der Waals surface area contributed by atoms with Gasteiger partial charge in [0, 0.05) is 24.0 Å². The largest absolute Gasteiger partial charge is 0.288 e. The van der Waals surface area contributed by atoms with Crippen LogP contribution in [-0.2, 0) is 10.0 Å². The Morgan fingerprint density at radius 1 is 0.812 bits per heavy atom. The summed E-state index contributed by atoms with van der Waals surface area (Å²) in [7, 11) is -3.68. The van der Waals surface area contributed by atoms with Gasteiger partial charge in [-0.1, -0.05) is 43.2 Å². The van der Waals surface area contributed by atoms with Gasteiger partial charge in [0.1, 0.15) is 5.69 Å². The number of hydrogen-bond acceptors (Lipinski definition) is 5. The Morgan fingerprint density at radius 3 is 2.31 bits per heavy atom. The average molecular weight is 453 g/mol. The number of aromatic nitrogens is 1. The normalized spacial score (nSPS) is 15.1. The van der Waals surface area contributed by atoms with Crippen molar-refractivity contribution in [1.29, 1.82) is 0 Å². The van der Waals surface area contributed by atoms with Crippen molar-refractivity contribution < 1.29 is 18.0 Å². The maximum atomic E-state index is 13.0. The van der Waals surface area contributed by atoms with Crippen molar-refractivity contribution in [1.82, 2.24) is 20.1 Å². The molecule has 0 bridgehead atoms. The van der Waals surface area contributed by atoms with E-state index in [1.165, 1.54) is 28.6 Å². The summed E-state index contributed by atoms with van der Waals surface area (Å²) in [5.74, 6) is -1.19. The molecule has 1 saturated heterocycles. The number of carbonyl (C=O) groups is 2. The van der Waals surface area contributed by atoms with E-state index in [1.807, 2.05) is 18.2 Å². The predicted molar refractivity (Wildman–Crippen MR) is 120 cm³/mol. The molecule has 0 spiro atoms. The van der Waals surface area contributed by atoms with Gasteiger partial charge in [-0.2, -0.15) is 4.31 Å². The van der Waals surface area contributed by atoms with Crippen LogP contribution in [0.1, 0.15) is 46.5 Å². The third-order valence-corrected chi connectivity index (χ3v) is 7.31. The SMILES string of the molecule is O=C(NNC(=O)c1ccc2ccccc2n1)c1cccc(S(=O)(=O)N2CCCCCC2)c1. The van der Waals surface area contributed by atoms with E-state index in [1.54, 1.807) is 18.2 Å². The number of pyridine rings is 1. The van der Waals surface area contributed by atoms with Gasteiger partial charge in [-0.05, 0) is 43.2 Å². The molecule has 3 aromatic rings. The molecule has 1 fully saturated rings. The Morgan fingerprint density at radius 2 is 1.53 bits per heavy atom. The number of hydrazine groups is 1. The molecule has 2 amide bonds. The van der Waals surface area contributed by atoms with E-state index < -0.39 is 21.8 Å². The van der Waals surface area contributed by atoms with Gasteiger partial charge in [0.05, 0.1) is 10.4 Å². The molecule has 2 heterocycles. The second-order valence-corrected chi connectivity index (χ2v) is 9.58. The highest BCUT2D eigenvalue weighted by Gasteiger charge is 2.25. The van der Waals surface area contributed by atoms with E-state index >= 15 is 0 Å². The Bertz CT molecular complexity index is 1250. The van der Waals surface area contributed by atoms with Crippen LogP contribution < -0.4 is 10.9 Å². The summed E-state index contributed by atoms with van der Waals surface area (Å²) in [5.41, 5.74) is 5.61. The third-order valence-electron chi connectivity index (χ3n) is 5.42. The molecule has 2 aromatic carbocycles. The molecule has 32 heavy (non-hydrogen) atoms. The number of sulfonamides is 1. The number of benzene rings is 2. The molecule has 4 rings (SSSR count). The first kappa shape index (κ1) is 21.9. The summed E-state index contributed by atoms with van der Waals surface area (Å²) in [5, 5.41) is 0.899. The van der Waals surface area contributed by atoms with Gasteiger partial charge in [-0.15, -0.1) is 0 Å². The Balaban J connectivity index is 1.44. The first-order valence-corrected chi connectivity index (χ1v) is 12.0. The molecule has 0 atom stereocenters. The van der Waals surface area contributed by atoms with Crippen molar-refractivity contribution in [2.45, 2.75) is 30.6 Å². The van der Waals surface area contributed by atoms with Crippen LogP contribution in [0.25, 0.3) is 10.9 Å². The number of nitrogens with one attached hydrogen (secondary N) is 2. The van der Waals surface area contributed by atoms with Crippen LogP contribution in [0.5, 0.6) is 0 Å². The maximum Gasteiger partial charge on any atom is 0.288 e. The number of carbonyl (C=O) groups excluding carboxylic acids is 2. The topological polar surface area (TPSA) is 108 Å². The van der Waals surface area contributed by atoms with Gasteiger partial charge in [-0.3, -0.25) is 20.4 Å². The highest BCUT2D eigenvalue weighted by molar-refractivity contribution is 7.89. The van der Waals surface area contributed by atoms with E-state index in [-0.39, 0.29) is 16.2 Å². The smallest absolute Gasteiger partial charge is 0.267 e. The zero-order chi connectivity index (χ0) is 22.6. The van der Waals surface area contributed by atoms with Crippen LogP contribution in [0.3, 0.4) is 0 Å². The van der Waals surface area contributed by atoms with Gasteiger partial charge in [0.15, 0.2) is 0 Å². The standard InChI is InChI=1S/C23H24N4O4S/c28-22(25-26-23(29)21-13-12-17-8-3-4-11-20(17)24-21)18-9-7-10-19(16-18)32(30,31)27-14-5-1-2-6-15-27/h3-4,7-13,16H,1-2,5-6,14-15H2,(H,25,28)(H,26,29). The molecular formula is C23H24N4O4S. The number of hydrogen-bond donors (Lipinski definition) is 2. The molecule has 166 valence electrons. The first-order valence-electron chi connectivity index (χ1n) is 10.5. The minimum absolute atomic E-state index is 0.0644. The van der Waals surface area contributed by atoms with E-state index in [4.69, 9.17) is 0 Å². The van der Waals surface area contributed by atoms with Crippen LogP contribution in [0.2, 0.25) is 0 Å². The van der Waals surface area contributed by atoms with E-state index in [0.717, 1.165) is 31.1 Å². The summed E-state index contributed by atoms with van der Waals surface area (Å²) in [6.45, 7) is 0.959. The Kier molecular flexibility index (Phi) is 6.48. The van der Waals surface area contributed by atoms with Crippen molar-refractivity contribution in [3.8, 4) is 0 Å². The maximum absolute atomic E-state index is 13.0. The van der Waals surface area contributed by atoms with Gasteiger partial charge < -0.3 is 0 Å². The van der Waals surface area contributed by atoms with Crippen molar-refractivity contribution in [2.24, 2.45) is 0 Å². The Labute approximate surface area is 186 Å². The van der Waals surface area contributed by atoms with Crippen LogP contribution in [0.4, 0.5) is 0 Å². The molecule has 1 aliphatic rings. The minimum atomic E-state index is -3.68. The van der Waals surface area contributed by atoms with Gasteiger partial charge in [0.25, 0.3) is 11.8 Å². The molecule has 1 aliphatic heterocycles. The predicted octanol–water partition coefficient (Wildman–Crippen LogP) is 2.87. The number of amides is 2. The van der Waals surface area contributed by atoms with Gasteiger partial charge in [-0.25, -0.2) is 13.4 Å². The number of nitrogens with zero attached hydrogens (tertiary/aromatic N) is 2. The van der Waals surface area contributed by atoms with Crippen LogP contribution in [-0.4, -0.2) is 42.6 Å². The fraction of sp³-hybridized carbons (Fsp3) is 0.261. The van der Waals surface area contributed by atoms with Crippen molar-refractivity contribution in [3.05, 3.63) is 71.9 Å². The van der Waals surface area contributed by atoms with Crippen molar-refractivity contribution in [3.63, 3.8) is 0 Å². The minimum Gasteiger partial charge on any atom is -0.267 e. The van der Waals surface area contributed by atoms with Crippen molar-refractivity contribution >= 4 is 32.7 Å². The lowest BCUT2D eigenvalue weighted by Crippen LogP contribution is -2.42. The fourth-order valence-electron chi connectivity index (χ4n) is 3.67. The zero-order valence-electron chi connectivity index (χ0n) is 17.5. The lowest BCUT2D eigenvalue weighted by atomic mass is 10.2. The quantitative estimate of drug-likeness (QED) is 0.592. The summed E-state index contributed by atoms with van der Waals surface area (Å²) >= 11 is 0. The van der Waals surface area contributed by atoms with Crippen LogP contribution in [0, 0.1) is 0 Å². The monoisotopic (exact) mass is 452 g/mol.